The Hall–Kier alpha value is -1.44. The summed E-state index contributed by atoms with van der Waals surface area (Å²) in [6.07, 6.45) is 4.92. The second kappa shape index (κ2) is 5.51. The van der Waals surface area contributed by atoms with Crippen LogP contribution in [0.4, 0.5) is 4.39 Å². The first-order valence-electron chi connectivity index (χ1n) is 7.30. The lowest BCUT2D eigenvalue weighted by molar-refractivity contribution is 0.166. The van der Waals surface area contributed by atoms with E-state index < -0.39 is 0 Å². The van der Waals surface area contributed by atoms with Crippen molar-refractivity contribution in [2.45, 2.75) is 50.4 Å². The average Bonchev–Trinajstić information content (AvgIpc) is 2.76. The molecule has 1 aromatic carbocycles. The van der Waals surface area contributed by atoms with E-state index in [2.05, 4.69) is 17.3 Å². The van der Waals surface area contributed by atoms with Crippen LogP contribution in [0.2, 0.25) is 0 Å². The minimum atomic E-state index is -0.321. The largest absolute Gasteiger partial charge is 0.311 e. The van der Waals surface area contributed by atoms with E-state index >= 15 is 0 Å². The third-order valence-electron chi connectivity index (χ3n) is 4.59. The molecule has 2 saturated heterocycles. The van der Waals surface area contributed by atoms with Gasteiger partial charge in [-0.3, -0.25) is 4.90 Å². The van der Waals surface area contributed by atoms with Gasteiger partial charge in [0.25, 0.3) is 0 Å². The van der Waals surface area contributed by atoms with E-state index in [1.165, 1.54) is 37.8 Å². The first-order chi connectivity index (χ1) is 9.64. The van der Waals surface area contributed by atoms with Gasteiger partial charge in [0.2, 0.25) is 0 Å². The molecular weight excluding hydrogens is 253 g/mol. The molecule has 0 spiro atoms. The van der Waals surface area contributed by atoms with Crippen molar-refractivity contribution in [1.82, 2.24) is 10.2 Å². The summed E-state index contributed by atoms with van der Waals surface area (Å²) in [6, 6.07) is 8.49. The van der Waals surface area contributed by atoms with Crippen LogP contribution in [0.25, 0.3) is 0 Å². The minimum Gasteiger partial charge on any atom is -0.311 e. The smallest absolute Gasteiger partial charge is 0.124 e. The molecule has 20 heavy (non-hydrogen) atoms. The summed E-state index contributed by atoms with van der Waals surface area (Å²) >= 11 is 0. The first kappa shape index (κ1) is 13.5. The normalized spacial score (nSPS) is 28.6. The predicted molar refractivity (Wildman–Crippen MR) is 75.5 cm³/mol. The fourth-order valence-corrected chi connectivity index (χ4v) is 3.61. The number of nitriles is 1. The SMILES string of the molecule is CN(Cc1cc(F)cc(C#N)c1)C1CC2CCC(C1)N2. The summed E-state index contributed by atoms with van der Waals surface area (Å²) in [4.78, 5) is 2.31. The monoisotopic (exact) mass is 273 g/mol. The zero-order valence-electron chi connectivity index (χ0n) is 11.8. The van der Waals surface area contributed by atoms with Crippen molar-refractivity contribution in [2.75, 3.05) is 7.05 Å². The fraction of sp³-hybridized carbons (Fsp3) is 0.562. The third-order valence-corrected chi connectivity index (χ3v) is 4.59. The molecule has 2 fully saturated rings. The van der Waals surface area contributed by atoms with E-state index in [0.717, 1.165) is 5.56 Å². The molecule has 0 amide bonds. The van der Waals surface area contributed by atoms with Gasteiger partial charge in [0, 0.05) is 24.7 Å². The van der Waals surface area contributed by atoms with Crippen LogP contribution in [0.3, 0.4) is 0 Å². The van der Waals surface area contributed by atoms with Gasteiger partial charge in [-0.2, -0.15) is 5.26 Å². The molecule has 1 N–H and O–H groups in total. The van der Waals surface area contributed by atoms with Crippen LogP contribution in [0.1, 0.15) is 36.8 Å². The van der Waals surface area contributed by atoms with E-state index in [-0.39, 0.29) is 5.82 Å². The van der Waals surface area contributed by atoms with Crippen LogP contribution < -0.4 is 5.32 Å². The molecule has 4 heteroatoms. The van der Waals surface area contributed by atoms with Gasteiger partial charge >= 0.3 is 0 Å². The number of nitrogens with zero attached hydrogens (tertiary/aromatic N) is 2. The van der Waals surface area contributed by atoms with Gasteiger partial charge in [-0.25, -0.2) is 4.39 Å². The number of rotatable bonds is 3. The Labute approximate surface area is 119 Å². The van der Waals surface area contributed by atoms with E-state index in [1.54, 1.807) is 6.07 Å². The molecule has 106 valence electrons. The molecule has 0 aliphatic carbocycles. The van der Waals surface area contributed by atoms with Crippen LogP contribution >= 0.6 is 0 Å². The third kappa shape index (κ3) is 2.84. The first-order valence-corrected chi connectivity index (χ1v) is 7.30. The van der Waals surface area contributed by atoms with Crippen molar-refractivity contribution < 1.29 is 4.39 Å². The van der Waals surface area contributed by atoms with Gasteiger partial charge in [0.15, 0.2) is 0 Å². The van der Waals surface area contributed by atoms with Gasteiger partial charge in [0.1, 0.15) is 5.82 Å². The zero-order valence-corrected chi connectivity index (χ0v) is 11.8. The highest BCUT2D eigenvalue weighted by atomic mass is 19.1. The Balaban J connectivity index is 1.68. The molecule has 0 radical (unpaired) electrons. The summed E-state index contributed by atoms with van der Waals surface area (Å²) in [7, 11) is 2.10. The van der Waals surface area contributed by atoms with E-state index in [9.17, 15) is 4.39 Å². The van der Waals surface area contributed by atoms with Crippen molar-refractivity contribution in [3.63, 3.8) is 0 Å². The van der Waals surface area contributed by atoms with Crippen molar-refractivity contribution in [3.05, 3.63) is 35.1 Å². The fourth-order valence-electron chi connectivity index (χ4n) is 3.61. The molecule has 2 aliphatic rings. The Bertz CT molecular complexity index is 525. The predicted octanol–water partition coefficient (Wildman–Crippen LogP) is 2.41. The number of piperidine rings is 1. The van der Waals surface area contributed by atoms with Crippen molar-refractivity contribution >= 4 is 0 Å². The van der Waals surface area contributed by atoms with Crippen molar-refractivity contribution in [1.29, 1.82) is 5.26 Å². The highest BCUT2D eigenvalue weighted by molar-refractivity contribution is 5.33. The quantitative estimate of drug-likeness (QED) is 0.919. The maximum absolute atomic E-state index is 13.5. The molecular formula is C16H20FN3. The van der Waals surface area contributed by atoms with Crippen LogP contribution in [0, 0.1) is 17.1 Å². The minimum absolute atomic E-state index is 0.321. The van der Waals surface area contributed by atoms with Crippen LogP contribution in [0.15, 0.2) is 18.2 Å². The molecule has 3 rings (SSSR count). The molecule has 0 saturated carbocycles. The molecule has 1 aromatic rings. The number of halogens is 1. The second-order valence-corrected chi connectivity index (χ2v) is 6.14. The highest BCUT2D eigenvalue weighted by Gasteiger charge is 2.34. The maximum atomic E-state index is 13.5. The molecule has 2 heterocycles. The van der Waals surface area contributed by atoms with Crippen molar-refractivity contribution in [2.24, 2.45) is 0 Å². The summed E-state index contributed by atoms with van der Waals surface area (Å²) in [5.74, 6) is -0.321. The number of hydrogen-bond acceptors (Lipinski definition) is 3. The standard InChI is InChI=1S/C16H20FN3/c1-20(16-7-14-2-3-15(8-16)19-14)10-12-4-11(9-18)5-13(17)6-12/h4-6,14-16,19H,2-3,7-8,10H2,1H3. The lowest BCUT2D eigenvalue weighted by atomic mass is 9.98. The number of fused-ring (bicyclic) bond motifs is 2. The molecule has 2 unspecified atom stereocenters. The average molecular weight is 273 g/mol. The zero-order chi connectivity index (χ0) is 14.1. The summed E-state index contributed by atoms with van der Waals surface area (Å²) in [6.45, 7) is 0.705. The highest BCUT2D eigenvalue weighted by Crippen LogP contribution is 2.29. The Morgan fingerprint density at radius 3 is 2.65 bits per heavy atom. The van der Waals surface area contributed by atoms with E-state index in [4.69, 9.17) is 5.26 Å². The summed E-state index contributed by atoms with van der Waals surface area (Å²) in [5.41, 5.74) is 1.29. The second-order valence-electron chi connectivity index (χ2n) is 6.14. The molecule has 3 nitrogen and oxygen atoms in total. The van der Waals surface area contributed by atoms with Gasteiger partial charge in [0.05, 0.1) is 11.6 Å². The lowest BCUT2D eigenvalue weighted by Crippen LogP contribution is -2.46. The van der Waals surface area contributed by atoms with Crippen LogP contribution in [-0.2, 0) is 6.54 Å². The Morgan fingerprint density at radius 1 is 1.30 bits per heavy atom. The van der Waals surface area contributed by atoms with Gasteiger partial charge < -0.3 is 5.32 Å². The van der Waals surface area contributed by atoms with Gasteiger partial charge in [-0.05, 0) is 56.5 Å². The van der Waals surface area contributed by atoms with E-state index in [0.29, 0.717) is 30.2 Å². The number of benzene rings is 1. The van der Waals surface area contributed by atoms with E-state index in [1.807, 2.05) is 6.07 Å². The van der Waals surface area contributed by atoms with Gasteiger partial charge in [-0.15, -0.1) is 0 Å². The molecule has 2 aliphatic heterocycles. The maximum Gasteiger partial charge on any atom is 0.124 e. The van der Waals surface area contributed by atoms with Crippen molar-refractivity contribution in [3.8, 4) is 6.07 Å². The van der Waals surface area contributed by atoms with Gasteiger partial charge in [-0.1, -0.05) is 0 Å². The number of hydrogen-bond donors (Lipinski definition) is 1. The Morgan fingerprint density at radius 2 is 2.00 bits per heavy atom. The van der Waals surface area contributed by atoms with Crippen LogP contribution in [0.5, 0.6) is 0 Å². The topological polar surface area (TPSA) is 39.1 Å². The molecule has 2 atom stereocenters. The molecule has 0 aromatic heterocycles. The summed E-state index contributed by atoms with van der Waals surface area (Å²) < 4.78 is 13.5. The lowest BCUT2D eigenvalue weighted by Gasteiger charge is -2.35. The Kier molecular flexibility index (Phi) is 3.73. The number of nitrogens with one attached hydrogen (secondary N) is 1. The van der Waals surface area contributed by atoms with Crippen LogP contribution in [-0.4, -0.2) is 30.1 Å². The molecule has 2 bridgehead atoms. The summed E-state index contributed by atoms with van der Waals surface area (Å²) in [5, 5.41) is 12.5.